The Balaban J connectivity index is 2.07. The predicted molar refractivity (Wildman–Crippen MR) is 78.5 cm³/mol. The van der Waals surface area contributed by atoms with Gasteiger partial charge in [-0.3, -0.25) is 9.40 Å². The van der Waals surface area contributed by atoms with Crippen molar-refractivity contribution in [2.24, 2.45) is 18.7 Å². The van der Waals surface area contributed by atoms with Crippen molar-refractivity contribution in [2.75, 3.05) is 24.4 Å². The summed E-state index contributed by atoms with van der Waals surface area (Å²) in [4.78, 5) is 0. The lowest BCUT2D eigenvalue weighted by molar-refractivity contribution is 0.280. The van der Waals surface area contributed by atoms with E-state index in [1.807, 2.05) is 6.92 Å². The lowest BCUT2D eigenvalue weighted by Gasteiger charge is -2.30. The molecule has 1 aromatic heterocycles. The molecule has 0 aliphatic carbocycles. The zero-order chi connectivity index (χ0) is 14.8. The predicted octanol–water partition coefficient (Wildman–Crippen LogP) is 0.310. The smallest absolute Gasteiger partial charge is 0.301 e. The highest BCUT2D eigenvalue weighted by Crippen LogP contribution is 2.21. The first kappa shape index (κ1) is 15.3. The summed E-state index contributed by atoms with van der Waals surface area (Å²) in [6, 6.07) is 0. The van der Waals surface area contributed by atoms with Crippen LogP contribution in [0.4, 0.5) is 5.69 Å². The van der Waals surface area contributed by atoms with Gasteiger partial charge in [0.05, 0.1) is 11.4 Å². The molecule has 1 saturated heterocycles. The number of aromatic nitrogens is 2. The summed E-state index contributed by atoms with van der Waals surface area (Å²) in [5.41, 5.74) is 6.95. The first-order chi connectivity index (χ1) is 9.46. The van der Waals surface area contributed by atoms with Crippen molar-refractivity contribution < 1.29 is 8.42 Å². The van der Waals surface area contributed by atoms with Crippen LogP contribution in [0.15, 0.2) is 6.20 Å². The third kappa shape index (κ3) is 3.31. The van der Waals surface area contributed by atoms with Crippen molar-refractivity contribution in [3.63, 3.8) is 0 Å². The Bertz CT molecular complexity index is 546. The van der Waals surface area contributed by atoms with Crippen molar-refractivity contribution in [1.82, 2.24) is 14.1 Å². The van der Waals surface area contributed by atoms with Gasteiger partial charge in [0.15, 0.2) is 0 Å². The number of nitrogens with two attached hydrogens (primary N) is 1. The van der Waals surface area contributed by atoms with E-state index in [1.54, 1.807) is 17.9 Å². The molecule has 2 rings (SSSR count). The van der Waals surface area contributed by atoms with Gasteiger partial charge in [-0.15, -0.1) is 0 Å². The van der Waals surface area contributed by atoms with E-state index < -0.39 is 10.2 Å². The van der Waals surface area contributed by atoms with Gasteiger partial charge in [-0.25, -0.2) is 0 Å². The van der Waals surface area contributed by atoms with Crippen LogP contribution in [0, 0.1) is 5.92 Å². The minimum Gasteiger partial charge on any atom is -0.330 e. The van der Waals surface area contributed by atoms with E-state index in [0.717, 1.165) is 18.5 Å². The minimum atomic E-state index is -3.50. The summed E-state index contributed by atoms with van der Waals surface area (Å²) in [5.74, 6) is 0.436. The Morgan fingerprint density at radius 3 is 2.65 bits per heavy atom. The lowest BCUT2D eigenvalue weighted by Crippen LogP contribution is -2.42. The molecule has 0 bridgehead atoms. The fourth-order valence-corrected chi connectivity index (χ4v) is 3.74. The molecule has 1 aliphatic heterocycles. The molecule has 3 N–H and O–H groups in total. The van der Waals surface area contributed by atoms with Crippen LogP contribution in [0.3, 0.4) is 0 Å². The molecule has 0 saturated carbocycles. The maximum Gasteiger partial charge on any atom is 0.301 e. The van der Waals surface area contributed by atoms with Gasteiger partial charge >= 0.3 is 10.2 Å². The van der Waals surface area contributed by atoms with Crippen molar-refractivity contribution in [3.8, 4) is 0 Å². The van der Waals surface area contributed by atoms with Gasteiger partial charge in [0.1, 0.15) is 0 Å². The Kier molecular flexibility index (Phi) is 4.66. The van der Waals surface area contributed by atoms with Gasteiger partial charge in [0.2, 0.25) is 0 Å². The van der Waals surface area contributed by atoms with E-state index >= 15 is 0 Å². The second-order valence-corrected chi connectivity index (χ2v) is 6.87. The maximum atomic E-state index is 12.4. The zero-order valence-electron chi connectivity index (χ0n) is 12.0. The highest BCUT2D eigenvalue weighted by molar-refractivity contribution is 7.90. The van der Waals surface area contributed by atoms with E-state index in [9.17, 15) is 8.42 Å². The fourth-order valence-electron chi connectivity index (χ4n) is 2.47. The first-order valence-electron chi connectivity index (χ1n) is 6.96. The third-order valence-corrected chi connectivity index (χ3v) is 5.25. The topological polar surface area (TPSA) is 93.2 Å². The molecule has 20 heavy (non-hydrogen) atoms. The second-order valence-electron chi connectivity index (χ2n) is 5.20. The van der Waals surface area contributed by atoms with Gasteiger partial charge in [0, 0.05) is 26.3 Å². The average molecular weight is 301 g/mol. The molecule has 1 fully saturated rings. The Labute approximate surface area is 120 Å². The number of nitrogens with one attached hydrogen (secondary N) is 1. The molecular formula is C12H23N5O2S. The standard InChI is InChI=1S/C12H23N5O2S/c1-3-11-12(9-16(2)14-11)15-20(18,19)17-6-4-10(8-13)5-7-17/h9-10,15H,3-8,13H2,1-2H3. The second kappa shape index (κ2) is 6.11. The van der Waals surface area contributed by atoms with Crippen LogP contribution in [0.5, 0.6) is 0 Å². The minimum absolute atomic E-state index is 0.436. The van der Waals surface area contributed by atoms with Crippen LogP contribution < -0.4 is 10.5 Å². The highest BCUT2D eigenvalue weighted by atomic mass is 32.2. The van der Waals surface area contributed by atoms with Crippen molar-refractivity contribution >= 4 is 15.9 Å². The molecule has 1 aromatic rings. The molecule has 0 spiro atoms. The van der Waals surface area contributed by atoms with Gasteiger partial charge in [-0.1, -0.05) is 6.92 Å². The Hall–Kier alpha value is -1.12. The summed E-state index contributed by atoms with van der Waals surface area (Å²) in [6.45, 7) is 3.63. The molecule has 2 heterocycles. The maximum absolute atomic E-state index is 12.4. The van der Waals surface area contributed by atoms with Gasteiger partial charge in [0.25, 0.3) is 0 Å². The number of rotatable bonds is 5. The summed E-state index contributed by atoms with van der Waals surface area (Å²) < 4.78 is 30.5. The number of nitrogens with zero attached hydrogens (tertiary/aromatic N) is 3. The quantitative estimate of drug-likeness (QED) is 0.818. The van der Waals surface area contributed by atoms with Crippen molar-refractivity contribution in [3.05, 3.63) is 11.9 Å². The number of hydrogen-bond donors (Lipinski definition) is 2. The molecule has 0 amide bonds. The normalized spacial score (nSPS) is 18.4. The number of anilines is 1. The molecule has 7 nitrogen and oxygen atoms in total. The lowest BCUT2D eigenvalue weighted by atomic mass is 9.99. The van der Waals surface area contributed by atoms with E-state index in [-0.39, 0.29) is 0 Å². The van der Waals surface area contributed by atoms with E-state index in [2.05, 4.69) is 9.82 Å². The summed E-state index contributed by atoms with van der Waals surface area (Å²) >= 11 is 0. The number of hydrogen-bond acceptors (Lipinski definition) is 4. The molecule has 114 valence electrons. The van der Waals surface area contributed by atoms with Crippen LogP contribution in [0.2, 0.25) is 0 Å². The molecule has 8 heteroatoms. The van der Waals surface area contributed by atoms with Crippen molar-refractivity contribution in [1.29, 1.82) is 0 Å². The third-order valence-electron chi connectivity index (χ3n) is 3.73. The molecule has 0 atom stereocenters. The van der Waals surface area contributed by atoms with Crippen LogP contribution in [-0.2, 0) is 23.7 Å². The monoisotopic (exact) mass is 301 g/mol. The molecule has 0 aromatic carbocycles. The highest BCUT2D eigenvalue weighted by Gasteiger charge is 2.28. The molecule has 1 aliphatic rings. The van der Waals surface area contributed by atoms with Crippen LogP contribution >= 0.6 is 0 Å². The average Bonchev–Trinajstić information content (AvgIpc) is 2.78. The van der Waals surface area contributed by atoms with E-state index in [1.165, 1.54) is 4.31 Å². The Morgan fingerprint density at radius 1 is 1.45 bits per heavy atom. The first-order valence-corrected chi connectivity index (χ1v) is 8.40. The zero-order valence-corrected chi connectivity index (χ0v) is 12.9. The summed E-state index contributed by atoms with van der Waals surface area (Å²) in [7, 11) is -1.72. The Morgan fingerprint density at radius 2 is 2.10 bits per heavy atom. The molecular weight excluding hydrogens is 278 g/mol. The summed E-state index contributed by atoms with van der Waals surface area (Å²) in [6.07, 6.45) is 4.03. The fraction of sp³-hybridized carbons (Fsp3) is 0.750. The van der Waals surface area contributed by atoms with Gasteiger partial charge < -0.3 is 5.73 Å². The SMILES string of the molecule is CCc1nn(C)cc1NS(=O)(=O)N1CCC(CN)CC1. The van der Waals surface area contributed by atoms with Crippen molar-refractivity contribution in [2.45, 2.75) is 26.2 Å². The van der Waals surface area contributed by atoms with E-state index in [0.29, 0.717) is 37.7 Å². The number of aryl methyl sites for hydroxylation is 2. The molecule has 0 radical (unpaired) electrons. The van der Waals surface area contributed by atoms with Crippen LogP contribution in [0.1, 0.15) is 25.5 Å². The van der Waals surface area contributed by atoms with Crippen LogP contribution in [-0.4, -0.2) is 42.1 Å². The van der Waals surface area contributed by atoms with E-state index in [4.69, 9.17) is 5.73 Å². The van der Waals surface area contributed by atoms with Gasteiger partial charge in [-0.2, -0.15) is 17.8 Å². The summed E-state index contributed by atoms with van der Waals surface area (Å²) in [5, 5.41) is 4.24. The van der Waals surface area contributed by atoms with Crippen LogP contribution in [0.25, 0.3) is 0 Å². The van der Waals surface area contributed by atoms with Gasteiger partial charge in [-0.05, 0) is 31.7 Å². The largest absolute Gasteiger partial charge is 0.330 e. The molecule has 0 unspecified atom stereocenters. The number of piperidine rings is 1.